The highest BCUT2D eigenvalue weighted by Gasteiger charge is 2.11. The summed E-state index contributed by atoms with van der Waals surface area (Å²) in [5, 5.41) is 12.4. The molecule has 0 atom stereocenters. The molecular weight excluding hydrogens is 290 g/mol. The Kier molecular flexibility index (Phi) is 3.78. The number of thioether (sulfide) groups is 1. The average Bonchev–Trinajstić information content (AvgIpc) is 3.04. The Hall–Kier alpha value is -2.09. The fourth-order valence-electron chi connectivity index (χ4n) is 2.06. The zero-order chi connectivity index (χ0) is 14.8. The summed E-state index contributed by atoms with van der Waals surface area (Å²) in [6.07, 6.45) is 0. The van der Waals surface area contributed by atoms with Crippen molar-refractivity contribution >= 4 is 22.9 Å². The molecule has 3 aromatic rings. The van der Waals surface area contributed by atoms with Crippen LogP contribution in [0.1, 0.15) is 19.9 Å². The van der Waals surface area contributed by atoms with Crippen molar-refractivity contribution in [3.8, 4) is 0 Å². The number of nitrogens with zero attached hydrogens (tertiary/aromatic N) is 5. The van der Waals surface area contributed by atoms with Crippen LogP contribution in [0.2, 0.25) is 0 Å². The smallest absolute Gasteiger partial charge is 0.408 e. The van der Waals surface area contributed by atoms with E-state index in [9.17, 15) is 4.79 Å². The largest absolute Gasteiger partial charge is 0.419 e. The maximum atomic E-state index is 11.8. The Labute approximate surface area is 124 Å². The van der Waals surface area contributed by atoms with Crippen LogP contribution >= 0.6 is 11.8 Å². The van der Waals surface area contributed by atoms with Crippen LogP contribution in [0.5, 0.6) is 0 Å². The lowest BCUT2D eigenvalue weighted by Crippen LogP contribution is -2.15. The molecule has 7 nitrogen and oxygen atoms in total. The molecule has 2 heterocycles. The van der Waals surface area contributed by atoms with Gasteiger partial charge in [0.2, 0.25) is 5.16 Å². The zero-order valence-electron chi connectivity index (χ0n) is 11.8. The maximum absolute atomic E-state index is 11.8. The molecule has 0 fully saturated rings. The molecule has 0 saturated carbocycles. The van der Waals surface area contributed by atoms with Gasteiger partial charge in [0, 0.05) is 12.3 Å². The van der Waals surface area contributed by atoms with Crippen molar-refractivity contribution < 1.29 is 4.42 Å². The molecule has 21 heavy (non-hydrogen) atoms. The summed E-state index contributed by atoms with van der Waals surface area (Å²) in [6, 6.07) is 7.62. The third-order valence-corrected chi connectivity index (χ3v) is 3.99. The summed E-state index contributed by atoms with van der Waals surface area (Å²) in [6.45, 7) is 4.59. The minimum Gasteiger partial charge on any atom is -0.408 e. The third kappa shape index (κ3) is 2.71. The number of rotatable bonds is 5. The van der Waals surface area contributed by atoms with E-state index >= 15 is 0 Å². The Morgan fingerprint density at radius 2 is 2.14 bits per heavy atom. The topological polar surface area (TPSA) is 78.7 Å². The summed E-state index contributed by atoms with van der Waals surface area (Å²) in [5.74, 6) is 0.358. The number of hydrogen-bond donors (Lipinski definition) is 0. The zero-order valence-corrected chi connectivity index (χ0v) is 12.6. The standard InChI is InChI=1S/C13H15N5O2S/c1-9(2)18-12(14-15-16-18)21-8-7-17-10-5-3-4-6-11(10)20-13(17)19/h3-6,9H,7-8H2,1-2H3. The van der Waals surface area contributed by atoms with Crippen LogP contribution in [-0.4, -0.2) is 30.5 Å². The first-order chi connectivity index (χ1) is 10.2. The van der Waals surface area contributed by atoms with Crippen molar-refractivity contribution in [2.45, 2.75) is 31.6 Å². The number of oxazole rings is 1. The van der Waals surface area contributed by atoms with Gasteiger partial charge in [-0.15, -0.1) is 5.10 Å². The predicted octanol–water partition coefficient (Wildman–Crippen LogP) is 1.95. The summed E-state index contributed by atoms with van der Waals surface area (Å²) in [5.41, 5.74) is 1.42. The summed E-state index contributed by atoms with van der Waals surface area (Å²) in [7, 11) is 0. The second kappa shape index (κ2) is 5.72. The van der Waals surface area contributed by atoms with Crippen molar-refractivity contribution in [1.82, 2.24) is 24.8 Å². The highest BCUT2D eigenvalue weighted by molar-refractivity contribution is 7.99. The fourth-order valence-corrected chi connectivity index (χ4v) is 2.99. The Morgan fingerprint density at radius 1 is 1.33 bits per heavy atom. The van der Waals surface area contributed by atoms with Crippen LogP contribution in [0.25, 0.3) is 11.1 Å². The lowest BCUT2D eigenvalue weighted by atomic mass is 10.3. The van der Waals surface area contributed by atoms with Gasteiger partial charge in [-0.25, -0.2) is 9.48 Å². The van der Waals surface area contributed by atoms with Crippen molar-refractivity contribution in [3.63, 3.8) is 0 Å². The Bertz CT molecular complexity index is 804. The second-order valence-corrected chi connectivity index (χ2v) is 5.90. The van der Waals surface area contributed by atoms with Crippen molar-refractivity contribution in [2.24, 2.45) is 0 Å². The van der Waals surface area contributed by atoms with Gasteiger partial charge < -0.3 is 4.42 Å². The molecule has 0 aliphatic carbocycles. The van der Waals surface area contributed by atoms with Gasteiger partial charge in [-0.3, -0.25) is 4.57 Å². The number of para-hydroxylation sites is 2. The molecule has 0 radical (unpaired) electrons. The van der Waals surface area contributed by atoms with Crippen LogP contribution in [0.15, 0.2) is 38.6 Å². The summed E-state index contributed by atoms with van der Waals surface area (Å²) < 4.78 is 8.60. The van der Waals surface area contributed by atoms with E-state index in [0.717, 1.165) is 10.7 Å². The van der Waals surface area contributed by atoms with Crippen LogP contribution in [0.4, 0.5) is 0 Å². The Morgan fingerprint density at radius 3 is 2.95 bits per heavy atom. The van der Waals surface area contributed by atoms with Gasteiger partial charge in [0.25, 0.3) is 0 Å². The van der Waals surface area contributed by atoms with E-state index in [1.54, 1.807) is 15.3 Å². The van der Waals surface area contributed by atoms with Crippen LogP contribution in [0, 0.1) is 0 Å². The fraction of sp³-hybridized carbons (Fsp3) is 0.385. The summed E-state index contributed by atoms with van der Waals surface area (Å²) >= 11 is 1.52. The third-order valence-electron chi connectivity index (χ3n) is 3.07. The normalized spacial score (nSPS) is 11.6. The van der Waals surface area contributed by atoms with E-state index in [-0.39, 0.29) is 11.8 Å². The molecule has 3 rings (SSSR count). The first-order valence-corrected chi connectivity index (χ1v) is 7.64. The Balaban J connectivity index is 1.74. The summed E-state index contributed by atoms with van der Waals surface area (Å²) in [4.78, 5) is 11.8. The van der Waals surface area contributed by atoms with E-state index in [1.807, 2.05) is 32.0 Å². The van der Waals surface area contributed by atoms with Gasteiger partial charge in [0.05, 0.1) is 11.6 Å². The molecule has 0 aliphatic rings. The van der Waals surface area contributed by atoms with E-state index in [1.165, 1.54) is 11.8 Å². The highest BCUT2D eigenvalue weighted by atomic mass is 32.2. The first kappa shape index (κ1) is 13.9. The van der Waals surface area contributed by atoms with E-state index < -0.39 is 0 Å². The molecule has 0 amide bonds. The van der Waals surface area contributed by atoms with Crippen LogP contribution in [-0.2, 0) is 6.54 Å². The van der Waals surface area contributed by atoms with Gasteiger partial charge in [-0.1, -0.05) is 23.9 Å². The van der Waals surface area contributed by atoms with E-state index in [0.29, 0.717) is 17.9 Å². The van der Waals surface area contributed by atoms with Crippen molar-refractivity contribution in [1.29, 1.82) is 0 Å². The number of hydrogen-bond acceptors (Lipinski definition) is 6. The molecule has 0 spiro atoms. The van der Waals surface area contributed by atoms with Gasteiger partial charge in [-0.05, 0) is 36.4 Å². The van der Waals surface area contributed by atoms with E-state index in [4.69, 9.17) is 4.42 Å². The van der Waals surface area contributed by atoms with Crippen LogP contribution < -0.4 is 5.76 Å². The minimum absolute atomic E-state index is 0.208. The second-order valence-electron chi connectivity index (χ2n) is 4.84. The first-order valence-electron chi connectivity index (χ1n) is 6.66. The molecule has 1 aromatic carbocycles. The molecule has 0 saturated heterocycles. The average molecular weight is 305 g/mol. The van der Waals surface area contributed by atoms with Crippen molar-refractivity contribution in [2.75, 3.05) is 5.75 Å². The number of fused-ring (bicyclic) bond motifs is 1. The van der Waals surface area contributed by atoms with Gasteiger partial charge in [0.15, 0.2) is 5.58 Å². The molecule has 0 N–H and O–H groups in total. The van der Waals surface area contributed by atoms with Gasteiger partial charge >= 0.3 is 5.76 Å². The monoisotopic (exact) mass is 305 g/mol. The molecular formula is C13H15N5O2S. The van der Waals surface area contributed by atoms with Gasteiger partial charge in [-0.2, -0.15) is 0 Å². The maximum Gasteiger partial charge on any atom is 0.419 e. The van der Waals surface area contributed by atoms with Crippen molar-refractivity contribution in [3.05, 3.63) is 34.8 Å². The number of tetrazole rings is 1. The molecule has 0 unspecified atom stereocenters. The number of benzene rings is 1. The highest BCUT2D eigenvalue weighted by Crippen LogP contribution is 2.18. The molecule has 0 aliphatic heterocycles. The molecule has 110 valence electrons. The van der Waals surface area contributed by atoms with Crippen LogP contribution in [0.3, 0.4) is 0 Å². The predicted molar refractivity (Wildman–Crippen MR) is 79.4 cm³/mol. The van der Waals surface area contributed by atoms with E-state index in [2.05, 4.69) is 15.5 Å². The lowest BCUT2D eigenvalue weighted by molar-refractivity contribution is 0.477. The SMILES string of the molecule is CC(C)n1nnnc1SCCn1c(=O)oc2ccccc21. The number of aromatic nitrogens is 5. The molecule has 0 bridgehead atoms. The number of aryl methyl sites for hydroxylation is 1. The molecule has 2 aromatic heterocycles. The molecule has 8 heteroatoms. The van der Waals surface area contributed by atoms with Gasteiger partial charge in [0.1, 0.15) is 0 Å². The minimum atomic E-state index is -0.333. The quantitative estimate of drug-likeness (QED) is 0.670. The lowest BCUT2D eigenvalue weighted by Gasteiger charge is -2.07.